The molecule has 5 nitrogen and oxygen atoms in total. The third kappa shape index (κ3) is 3.00. The summed E-state index contributed by atoms with van der Waals surface area (Å²) in [7, 11) is 0. The zero-order valence-electron chi connectivity index (χ0n) is 12.9. The number of thiophene rings is 1. The van der Waals surface area contributed by atoms with Crippen molar-refractivity contribution in [3.8, 4) is 16.3 Å². The fourth-order valence-corrected chi connectivity index (χ4v) is 3.85. The predicted octanol–water partition coefficient (Wildman–Crippen LogP) is 4.58. The predicted molar refractivity (Wildman–Crippen MR) is 95.5 cm³/mol. The van der Waals surface area contributed by atoms with Crippen LogP contribution in [0.3, 0.4) is 0 Å². The minimum Gasteiger partial charge on any atom is -0.355 e. The van der Waals surface area contributed by atoms with Crippen LogP contribution in [-0.4, -0.2) is 19.9 Å². The zero-order chi connectivity index (χ0) is 16.4. The number of para-hydroxylation sites is 1. The minimum atomic E-state index is 0.680. The van der Waals surface area contributed by atoms with E-state index in [1.807, 2.05) is 40.3 Å². The third-order valence-corrected chi connectivity index (χ3v) is 5.42. The topological polar surface area (TPSA) is 56.7 Å². The number of benzene rings is 1. The van der Waals surface area contributed by atoms with E-state index in [1.54, 1.807) is 29.4 Å². The Balaban J connectivity index is 1.52. The Labute approximate surface area is 147 Å². The van der Waals surface area contributed by atoms with Gasteiger partial charge in [-0.1, -0.05) is 41.2 Å². The fourth-order valence-electron chi connectivity index (χ4n) is 2.38. The van der Waals surface area contributed by atoms with Gasteiger partial charge in [-0.3, -0.25) is 4.57 Å². The molecule has 0 radical (unpaired) electrons. The highest BCUT2D eigenvalue weighted by Crippen LogP contribution is 2.28. The van der Waals surface area contributed by atoms with E-state index in [0.29, 0.717) is 5.75 Å². The van der Waals surface area contributed by atoms with Gasteiger partial charge >= 0.3 is 0 Å². The lowest BCUT2D eigenvalue weighted by Crippen LogP contribution is -1.97. The zero-order valence-corrected chi connectivity index (χ0v) is 14.5. The molecule has 3 heterocycles. The summed E-state index contributed by atoms with van der Waals surface area (Å²) in [4.78, 5) is 1.09. The van der Waals surface area contributed by atoms with Crippen LogP contribution in [0.15, 0.2) is 63.9 Å². The molecule has 24 heavy (non-hydrogen) atoms. The fraction of sp³-hybridized carbons (Fsp3) is 0.118. The monoisotopic (exact) mass is 354 g/mol. The van der Waals surface area contributed by atoms with E-state index in [9.17, 15) is 0 Å². The maximum absolute atomic E-state index is 5.42. The van der Waals surface area contributed by atoms with Gasteiger partial charge in [-0.2, -0.15) is 0 Å². The number of aromatic nitrogens is 4. The molecule has 7 heteroatoms. The SMILES string of the molecule is Cc1ccccc1-n1cnnc1SCc1cc(-c2cccs2)on1. The molecule has 0 N–H and O–H groups in total. The maximum atomic E-state index is 5.42. The Morgan fingerprint density at radius 2 is 2.12 bits per heavy atom. The summed E-state index contributed by atoms with van der Waals surface area (Å²) in [6.45, 7) is 2.08. The van der Waals surface area contributed by atoms with Crippen LogP contribution in [0.1, 0.15) is 11.3 Å². The van der Waals surface area contributed by atoms with E-state index in [2.05, 4.69) is 34.4 Å². The Hall–Kier alpha value is -2.38. The Bertz CT molecular complexity index is 943. The van der Waals surface area contributed by atoms with Crippen molar-refractivity contribution in [1.82, 2.24) is 19.9 Å². The van der Waals surface area contributed by atoms with Crippen molar-refractivity contribution < 1.29 is 4.52 Å². The molecule has 0 saturated heterocycles. The molecule has 0 aliphatic carbocycles. The maximum Gasteiger partial charge on any atom is 0.196 e. The van der Waals surface area contributed by atoms with Crippen LogP contribution >= 0.6 is 23.1 Å². The van der Waals surface area contributed by atoms with Gasteiger partial charge < -0.3 is 4.52 Å². The summed E-state index contributed by atoms with van der Waals surface area (Å²) in [5.74, 6) is 1.49. The number of hydrogen-bond acceptors (Lipinski definition) is 6. The normalized spacial score (nSPS) is 11.0. The van der Waals surface area contributed by atoms with Crippen molar-refractivity contribution in [2.24, 2.45) is 0 Å². The van der Waals surface area contributed by atoms with Crippen molar-refractivity contribution in [3.05, 3.63) is 65.4 Å². The van der Waals surface area contributed by atoms with Gasteiger partial charge in [-0.05, 0) is 30.0 Å². The first-order chi connectivity index (χ1) is 11.8. The van der Waals surface area contributed by atoms with Gasteiger partial charge in [0.15, 0.2) is 10.9 Å². The lowest BCUT2D eigenvalue weighted by molar-refractivity contribution is 0.427. The standard InChI is InChI=1S/C17H14N4OS2/c1-12-5-2-3-6-14(12)21-11-18-19-17(21)24-10-13-9-15(22-20-13)16-7-4-8-23-16/h2-9,11H,10H2,1H3. The van der Waals surface area contributed by atoms with Gasteiger partial charge in [0.25, 0.3) is 0 Å². The average Bonchev–Trinajstić information content (AvgIpc) is 3.34. The van der Waals surface area contributed by atoms with Crippen molar-refractivity contribution in [1.29, 1.82) is 0 Å². The highest BCUT2D eigenvalue weighted by atomic mass is 32.2. The molecule has 0 unspecified atom stereocenters. The summed E-state index contributed by atoms with van der Waals surface area (Å²) in [6.07, 6.45) is 1.74. The smallest absolute Gasteiger partial charge is 0.196 e. The van der Waals surface area contributed by atoms with E-state index in [0.717, 1.165) is 27.2 Å². The molecule has 0 saturated carbocycles. The molecule has 1 aromatic carbocycles. The number of thioether (sulfide) groups is 1. The van der Waals surface area contributed by atoms with Crippen LogP contribution in [0.5, 0.6) is 0 Å². The van der Waals surface area contributed by atoms with E-state index in [4.69, 9.17) is 4.52 Å². The van der Waals surface area contributed by atoms with Crippen molar-refractivity contribution in [2.75, 3.05) is 0 Å². The molecule has 0 spiro atoms. The third-order valence-electron chi connectivity index (χ3n) is 3.56. The van der Waals surface area contributed by atoms with Crippen LogP contribution in [-0.2, 0) is 5.75 Å². The second-order valence-electron chi connectivity index (χ2n) is 5.22. The Morgan fingerprint density at radius 1 is 1.21 bits per heavy atom. The second-order valence-corrected chi connectivity index (χ2v) is 7.11. The Kier molecular flexibility index (Phi) is 4.18. The summed E-state index contributed by atoms with van der Waals surface area (Å²) in [5, 5.41) is 15.3. The summed E-state index contributed by atoms with van der Waals surface area (Å²) in [6, 6.07) is 14.2. The molecule has 4 rings (SSSR count). The van der Waals surface area contributed by atoms with E-state index in [-0.39, 0.29) is 0 Å². The van der Waals surface area contributed by atoms with Crippen molar-refractivity contribution in [3.63, 3.8) is 0 Å². The molecule has 0 fully saturated rings. The Morgan fingerprint density at radius 3 is 2.96 bits per heavy atom. The highest BCUT2D eigenvalue weighted by molar-refractivity contribution is 7.98. The molecule has 0 atom stereocenters. The van der Waals surface area contributed by atoms with Gasteiger partial charge in [0.05, 0.1) is 16.3 Å². The first-order valence-electron chi connectivity index (χ1n) is 7.39. The molecule has 3 aromatic heterocycles. The van der Waals surface area contributed by atoms with Crippen LogP contribution in [0.4, 0.5) is 0 Å². The lowest BCUT2D eigenvalue weighted by Gasteiger charge is -2.08. The average molecular weight is 354 g/mol. The second kappa shape index (κ2) is 6.62. The van der Waals surface area contributed by atoms with Crippen LogP contribution < -0.4 is 0 Å². The minimum absolute atomic E-state index is 0.680. The van der Waals surface area contributed by atoms with Crippen molar-refractivity contribution >= 4 is 23.1 Å². The summed E-state index contributed by atoms with van der Waals surface area (Å²) >= 11 is 3.23. The number of aryl methyl sites for hydroxylation is 1. The molecule has 0 aliphatic heterocycles. The number of nitrogens with zero attached hydrogens (tertiary/aromatic N) is 4. The molecule has 0 aliphatic rings. The first-order valence-corrected chi connectivity index (χ1v) is 9.26. The lowest BCUT2D eigenvalue weighted by atomic mass is 10.2. The van der Waals surface area contributed by atoms with E-state index in [1.165, 1.54) is 5.56 Å². The van der Waals surface area contributed by atoms with Crippen molar-refractivity contribution in [2.45, 2.75) is 17.8 Å². The van der Waals surface area contributed by atoms with Crippen LogP contribution in [0.25, 0.3) is 16.3 Å². The molecular weight excluding hydrogens is 340 g/mol. The van der Waals surface area contributed by atoms with Crippen LogP contribution in [0.2, 0.25) is 0 Å². The largest absolute Gasteiger partial charge is 0.355 e. The number of hydrogen-bond donors (Lipinski definition) is 0. The quantitative estimate of drug-likeness (QED) is 0.491. The summed E-state index contributed by atoms with van der Waals surface area (Å²) in [5.41, 5.74) is 3.16. The number of rotatable bonds is 5. The van der Waals surface area contributed by atoms with Gasteiger partial charge in [-0.15, -0.1) is 21.5 Å². The van der Waals surface area contributed by atoms with Gasteiger partial charge in [-0.25, -0.2) is 0 Å². The molecule has 0 amide bonds. The molecule has 120 valence electrons. The van der Waals surface area contributed by atoms with Gasteiger partial charge in [0.1, 0.15) is 6.33 Å². The molecular formula is C17H14N4OS2. The molecule has 4 aromatic rings. The summed E-state index contributed by atoms with van der Waals surface area (Å²) < 4.78 is 7.42. The van der Waals surface area contributed by atoms with E-state index >= 15 is 0 Å². The molecule has 0 bridgehead atoms. The van der Waals surface area contributed by atoms with E-state index < -0.39 is 0 Å². The highest BCUT2D eigenvalue weighted by Gasteiger charge is 2.12. The van der Waals surface area contributed by atoms with Gasteiger partial charge in [0.2, 0.25) is 0 Å². The first kappa shape index (κ1) is 15.2. The van der Waals surface area contributed by atoms with Crippen LogP contribution in [0, 0.1) is 6.92 Å². The van der Waals surface area contributed by atoms with Gasteiger partial charge in [0, 0.05) is 11.8 Å².